The van der Waals surface area contributed by atoms with Gasteiger partial charge in [0.05, 0.1) is 43.6 Å². The van der Waals surface area contributed by atoms with E-state index >= 15 is 4.39 Å². The Morgan fingerprint density at radius 2 is 1.80 bits per heavy atom. The average molecular weight is 655 g/mol. The minimum atomic E-state index is -1.71. The van der Waals surface area contributed by atoms with Gasteiger partial charge < -0.3 is 28.7 Å². The fourth-order valence-corrected chi connectivity index (χ4v) is 6.84. The number of nitrogens with zero attached hydrogens (tertiary/aromatic N) is 5. The summed E-state index contributed by atoms with van der Waals surface area (Å²) in [6.07, 6.45) is 2.94. The first kappa shape index (κ1) is 33.6. The van der Waals surface area contributed by atoms with E-state index in [4.69, 9.17) is 14.2 Å². The molecule has 4 heterocycles. The Morgan fingerprint density at radius 3 is 2.46 bits per heavy atom. The Hall–Kier alpha value is -3.81. The van der Waals surface area contributed by atoms with Crippen molar-refractivity contribution in [2.75, 3.05) is 56.1 Å². The largest absolute Gasteiger partial charge is 0.480 e. The molecule has 1 N–H and O–H groups in total. The predicted octanol–water partition coefficient (Wildman–Crippen LogP) is 5.09. The van der Waals surface area contributed by atoms with Crippen molar-refractivity contribution in [1.29, 1.82) is 0 Å². The van der Waals surface area contributed by atoms with Gasteiger partial charge in [0.2, 0.25) is 5.88 Å². The lowest BCUT2D eigenvalue weighted by Crippen LogP contribution is -2.59. The van der Waals surface area contributed by atoms with Gasteiger partial charge in [-0.25, -0.2) is 18.4 Å². The van der Waals surface area contributed by atoms with E-state index in [1.807, 2.05) is 40.7 Å². The van der Waals surface area contributed by atoms with Crippen LogP contribution in [0.5, 0.6) is 5.88 Å². The number of amides is 1. The lowest BCUT2D eigenvalue weighted by atomic mass is 10.0. The minimum Gasteiger partial charge on any atom is -0.480 e. The second kappa shape index (κ2) is 14.3. The number of anilines is 2. The molecule has 46 heavy (non-hydrogen) atoms. The lowest BCUT2D eigenvalue weighted by Gasteiger charge is -2.44. The summed E-state index contributed by atoms with van der Waals surface area (Å²) in [6.45, 7) is 14.1. The van der Waals surface area contributed by atoms with Gasteiger partial charge in [0.1, 0.15) is 16.3 Å². The number of pyridine rings is 2. The summed E-state index contributed by atoms with van der Waals surface area (Å²) in [5, 5.41) is 0. The number of nitrogens with one attached hydrogen (secondary N) is 1. The van der Waals surface area contributed by atoms with Crippen LogP contribution < -0.4 is 14.4 Å². The van der Waals surface area contributed by atoms with E-state index in [0.29, 0.717) is 67.8 Å². The molecule has 0 saturated carbocycles. The van der Waals surface area contributed by atoms with Gasteiger partial charge in [0.25, 0.3) is 0 Å². The van der Waals surface area contributed by atoms with Gasteiger partial charge in [-0.3, -0.25) is 9.88 Å². The zero-order valence-corrected chi connectivity index (χ0v) is 28.1. The molecule has 1 unspecified atom stereocenters. The molecular formula is C33H43FN6O5S. The second-order valence-corrected chi connectivity index (χ2v) is 13.9. The summed E-state index contributed by atoms with van der Waals surface area (Å²) in [5.74, 6) is -0.144. The third-order valence-electron chi connectivity index (χ3n) is 7.86. The van der Waals surface area contributed by atoms with Crippen LogP contribution in [0.25, 0.3) is 11.3 Å². The number of aromatic nitrogens is 2. The Balaban J connectivity index is 1.25. The van der Waals surface area contributed by atoms with Crippen molar-refractivity contribution in [3.05, 3.63) is 60.2 Å². The third kappa shape index (κ3) is 8.12. The summed E-state index contributed by atoms with van der Waals surface area (Å²) in [6, 6.07) is 10.2. The number of carbonyl (C=O) groups is 1. The Kier molecular flexibility index (Phi) is 10.4. The summed E-state index contributed by atoms with van der Waals surface area (Å²) in [5.41, 5.74) is 2.35. The standard InChI is InChI=1S/C33H43FN6O5S/c1-22-19-38(20-23(2)40(22)32(41)45-33(3,4)5)21-24-7-8-27(28(34)15-24)29-16-25(9-10-35-29)37-46(42)30-17-26(18-36-31(30)43-6)39-11-13-44-14-12-39/h7-10,15-18,22-23H,11-14,19-21H2,1-6H3,(H,35,37)/t22-,23+,46?. The molecular weight excluding hydrogens is 611 g/mol. The molecule has 0 spiro atoms. The molecule has 2 saturated heterocycles. The van der Waals surface area contributed by atoms with E-state index < -0.39 is 22.4 Å². The number of rotatable bonds is 8. The van der Waals surface area contributed by atoms with Gasteiger partial charge >= 0.3 is 6.09 Å². The number of benzene rings is 1. The fraction of sp³-hybridized carbons (Fsp3) is 0.485. The summed E-state index contributed by atoms with van der Waals surface area (Å²) < 4.78 is 48.4. The monoisotopic (exact) mass is 654 g/mol. The number of methoxy groups -OCH3 is 1. The zero-order valence-electron chi connectivity index (χ0n) is 27.3. The maximum absolute atomic E-state index is 15.5. The molecule has 11 nitrogen and oxygen atoms in total. The first-order valence-corrected chi connectivity index (χ1v) is 16.6. The molecule has 0 radical (unpaired) electrons. The van der Waals surface area contributed by atoms with E-state index in [0.717, 1.165) is 11.3 Å². The minimum absolute atomic E-state index is 0.0506. The van der Waals surface area contributed by atoms with Gasteiger partial charge in [0.15, 0.2) is 11.0 Å². The third-order valence-corrected chi connectivity index (χ3v) is 8.97. The number of hydrogen-bond donors (Lipinski definition) is 1. The first-order valence-electron chi connectivity index (χ1n) is 15.5. The highest BCUT2D eigenvalue weighted by Crippen LogP contribution is 2.29. The highest BCUT2D eigenvalue weighted by atomic mass is 32.2. The summed E-state index contributed by atoms with van der Waals surface area (Å²) in [4.78, 5) is 28.1. The molecule has 1 aromatic carbocycles. The first-order chi connectivity index (χ1) is 21.9. The van der Waals surface area contributed by atoms with Crippen molar-refractivity contribution < 1.29 is 27.6 Å². The molecule has 2 aromatic heterocycles. The lowest BCUT2D eigenvalue weighted by molar-refractivity contribution is -0.0162. The number of morpholine rings is 1. The van der Waals surface area contributed by atoms with E-state index in [1.165, 1.54) is 13.2 Å². The fourth-order valence-electron chi connectivity index (χ4n) is 5.86. The highest BCUT2D eigenvalue weighted by Gasteiger charge is 2.35. The van der Waals surface area contributed by atoms with E-state index in [2.05, 4.69) is 24.5 Å². The molecule has 2 aliphatic heterocycles. The van der Waals surface area contributed by atoms with E-state index in [9.17, 15) is 9.00 Å². The molecule has 2 aliphatic rings. The molecule has 13 heteroatoms. The van der Waals surface area contributed by atoms with Crippen molar-refractivity contribution in [3.63, 3.8) is 0 Å². The van der Waals surface area contributed by atoms with E-state index in [-0.39, 0.29) is 24.1 Å². The SMILES string of the molecule is COc1ncc(N2CCOCC2)cc1S(=O)Nc1ccnc(-c2ccc(CN3C[C@@H](C)N(C(=O)OC(C)(C)C)[C@@H](C)C3)cc2F)c1. The van der Waals surface area contributed by atoms with Crippen LogP contribution in [0.15, 0.2) is 53.7 Å². The van der Waals surface area contributed by atoms with Gasteiger partial charge in [-0.1, -0.05) is 6.07 Å². The summed E-state index contributed by atoms with van der Waals surface area (Å²) in [7, 11) is -0.225. The smallest absolute Gasteiger partial charge is 0.410 e. The predicted molar refractivity (Wildman–Crippen MR) is 176 cm³/mol. The van der Waals surface area contributed by atoms with Crippen molar-refractivity contribution in [3.8, 4) is 17.1 Å². The van der Waals surface area contributed by atoms with Gasteiger partial charge in [-0.2, -0.15) is 0 Å². The van der Waals surface area contributed by atoms with Crippen LogP contribution in [0.3, 0.4) is 0 Å². The van der Waals surface area contributed by atoms with Gasteiger partial charge in [-0.15, -0.1) is 0 Å². The van der Waals surface area contributed by atoms with Crippen LogP contribution in [0.1, 0.15) is 40.2 Å². The van der Waals surface area contributed by atoms with Crippen LogP contribution >= 0.6 is 0 Å². The number of piperazine rings is 1. The maximum Gasteiger partial charge on any atom is 0.410 e. The molecule has 0 bridgehead atoms. The quantitative estimate of drug-likeness (QED) is 0.355. The molecule has 3 aromatic rings. The number of halogens is 1. The van der Waals surface area contributed by atoms with Crippen LogP contribution in [-0.2, 0) is 27.0 Å². The van der Waals surface area contributed by atoms with Crippen LogP contribution in [0.2, 0.25) is 0 Å². The van der Waals surface area contributed by atoms with Gasteiger partial charge in [-0.05, 0) is 70.5 Å². The maximum atomic E-state index is 15.5. The highest BCUT2D eigenvalue weighted by molar-refractivity contribution is 7.86. The Labute approximate surface area is 272 Å². The van der Waals surface area contributed by atoms with Crippen molar-refractivity contribution in [1.82, 2.24) is 19.8 Å². The Bertz CT molecular complexity index is 1550. The molecule has 1 amide bonds. The van der Waals surface area contributed by atoms with Crippen molar-refractivity contribution in [2.45, 2.75) is 63.7 Å². The second-order valence-electron chi connectivity index (χ2n) is 12.7. The van der Waals surface area contributed by atoms with Crippen LogP contribution in [0.4, 0.5) is 20.6 Å². The van der Waals surface area contributed by atoms with Crippen molar-refractivity contribution in [2.24, 2.45) is 0 Å². The van der Waals surface area contributed by atoms with Crippen LogP contribution in [0, 0.1) is 5.82 Å². The molecule has 248 valence electrons. The van der Waals surface area contributed by atoms with E-state index in [1.54, 1.807) is 41.6 Å². The van der Waals surface area contributed by atoms with Crippen molar-refractivity contribution >= 4 is 28.5 Å². The zero-order chi connectivity index (χ0) is 33.0. The Morgan fingerprint density at radius 1 is 1.09 bits per heavy atom. The number of carbonyl (C=O) groups excluding carboxylic acids is 1. The van der Waals surface area contributed by atoms with Gasteiger partial charge in [0, 0.05) is 56.6 Å². The molecule has 0 aliphatic carbocycles. The normalized spacial score (nSPS) is 19.9. The molecule has 3 atom stereocenters. The number of ether oxygens (including phenoxy) is 3. The van der Waals surface area contributed by atoms with Crippen LogP contribution in [-0.4, -0.2) is 94.3 Å². The number of hydrogen-bond acceptors (Lipinski definition) is 9. The topological polar surface area (TPSA) is 109 Å². The molecule has 2 fully saturated rings. The molecule has 5 rings (SSSR count). The average Bonchev–Trinajstić information content (AvgIpc) is 3.00. The summed E-state index contributed by atoms with van der Waals surface area (Å²) >= 11 is 0.